The van der Waals surface area contributed by atoms with Crippen LogP contribution >= 0.6 is 34.8 Å². The van der Waals surface area contributed by atoms with E-state index in [-0.39, 0.29) is 5.69 Å². The molecule has 2 aromatic rings. The second-order valence-electron chi connectivity index (χ2n) is 3.31. The van der Waals surface area contributed by atoms with Crippen LogP contribution < -0.4 is 0 Å². The average molecular weight is 287 g/mol. The van der Waals surface area contributed by atoms with Crippen LogP contribution in [-0.2, 0) is 0 Å². The van der Waals surface area contributed by atoms with Crippen LogP contribution in [0.5, 0.6) is 0 Å². The van der Waals surface area contributed by atoms with E-state index in [1.165, 1.54) is 0 Å². The van der Waals surface area contributed by atoms with Crippen molar-refractivity contribution in [3.63, 3.8) is 0 Å². The number of hydrogen-bond acceptors (Lipinski definition) is 2. The third-order valence-electron chi connectivity index (χ3n) is 2.19. The van der Waals surface area contributed by atoms with Gasteiger partial charge in [0.2, 0.25) is 0 Å². The van der Waals surface area contributed by atoms with Crippen LogP contribution in [0, 0.1) is 0 Å². The SMILES string of the molecule is O=Cc1nc(-c2ccc(Cl)cc2Cl)ccc1Cl. The van der Waals surface area contributed by atoms with Crippen molar-refractivity contribution in [3.8, 4) is 11.3 Å². The number of halogens is 3. The fraction of sp³-hybridized carbons (Fsp3) is 0. The van der Waals surface area contributed by atoms with Gasteiger partial charge < -0.3 is 0 Å². The van der Waals surface area contributed by atoms with E-state index in [0.717, 1.165) is 0 Å². The first-order valence-corrected chi connectivity index (χ1v) is 5.82. The minimum Gasteiger partial charge on any atom is -0.296 e. The lowest BCUT2D eigenvalue weighted by molar-refractivity contribution is 0.111. The van der Waals surface area contributed by atoms with Crippen LogP contribution in [0.2, 0.25) is 15.1 Å². The second kappa shape index (κ2) is 5.05. The molecule has 0 amide bonds. The van der Waals surface area contributed by atoms with Gasteiger partial charge in [0.05, 0.1) is 15.7 Å². The molecule has 0 aliphatic heterocycles. The molecule has 0 aliphatic carbocycles. The van der Waals surface area contributed by atoms with E-state index in [4.69, 9.17) is 34.8 Å². The van der Waals surface area contributed by atoms with Gasteiger partial charge in [-0.3, -0.25) is 4.79 Å². The van der Waals surface area contributed by atoms with Gasteiger partial charge in [-0.2, -0.15) is 0 Å². The van der Waals surface area contributed by atoms with Crippen molar-refractivity contribution >= 4 is 41.1 Å². The Labute approximate surface area is 113 Å². The van der Waals surface area contributed by atoms with Crippen LogP contribution in [0.25, 0.3) is 11.3 Å². The molecular weight excluding hydrogens is 280 g/mol. The average Bonchev–Trinajstić information content (AvgIpc) is 2.30. The number of aldehydes is 1. The fourth-order valence-electron chi connectivity index (χ4n) is 1.39. The molecule has 0 bridgehead atoms. The highest BCUT2D eigenvalue weighted by Gasteiger charge is 2.08. The molecule has 1 aromatic carbocycles. The number of carbonyl (C=O) groups is 1. The summed E-state index contributed by atoms with van der Waals surface area (Å²) in [6, 6.07) is 8.38. The summed E-state index contributed by atoms with van der Waals surface area (Å²) in [7, 11) is 0. The number of rotatable bonds is 2. The van der Waals surface area contributed by atoms with E-state index in [1.807, 2.05) is 0 Å². The molecule has 0 atom stereocenters. The van der Waals surface area contributed by atoms with Crippen molar-refractivity contribution in [1.29, 1.82) is 0 Å². The summed E-state index contributed by atoms with van der Waals surface area (Å²) in [4.78, 5) is 14.9. The van der Waals surface area contributed by atoms with Crippen LogP contribution in [0.3, 0.4) is 0 Å². The standard InChI is InChI=1S/C12H6Cl3NO/c13-7-1-2-8(10(15)5-7)11-4-3-9(14)12(6-17)16-11/h1-6H. The summed E-state index contributed by atoms with van der Waals surface area (Å²) < 4.78 is 0. The predicted molar refractivity (Wildman–Crippen MR) is 70.1 cm³/mol. The Kier molecular flexibility index (Phi) is 3.67. The monoisotopic (exact) mass is 285 g/mol. The van der Waals surface area contributed by atoms with Gasteiger partial charge in [-0.1, -0.05) is 34.8 Å². The van der Waals surface area contributed by atoms with Gasteiger partial charge in [0.1, 0.15) is 5.69 Å². The third kappa shape index (κ3) is 2.60. The Hall–Kier alpha value is -1.09. The fourth-order valence-corrected chi connectivity index (χ4v) is 2.04. The highest BCUT2D eigenvalue weighted by Crippen LogP contribution is 2.30. The molecule has 86 valence electrons. The quantitative estimate of drug-likeness (QED) is 0.760. The Morgan fingerprint density at radius 1 is 1.00 bits per heavy atom. The van der Waals surface area contributed by atoms with Gasteiger partial charge in [0.15, 0.2) is 6.29 Å². The highest BCUT2D eigenvalue weighted by atomic mass is 35.5. The molecule has 0 unspecified atom stereocenters. The van der Waals surface area contributed by atoms with Gasteiger partial charge in [-0.15, -0.1) is 0 Å². The lowest BCUT2D eigenvalue weighted by atomic mass is 10.1. The summed E-state index contributed by atoms with van der Waals surface area (Å²) in [6.45, 7) is 0. The third-order valence-corrected chi connectivity index (χ3v) is 3.06. The number of aromatic nitrogens is 1. The first-order chi connectivity index (χ1) is 8.11. The maximum Gasteiger partial charge on any atom is 0.169 e. The number of hydrogen-bond donors (Lipinski definition) is 0. The molecule has 17 heavy (non-hydrogen) atoms. The highest BCUT2D eigenvalue weighted by molar-refractivity contribution is 6.36. The smallest absolute Gasteiger partial charge is 0.169 e. The molecule has 2 nitrogen and oxygen atoms in total. The molecule has 0 saturated carbocycles. The van der Waals surface area contributed by atoms with E-state index in [0.29, 0.717) is 32.6 Å². The van der Waals surface area contributed by atoms with E-state index in [1.54, 1.807) is 30.3 Å². The van der Waals surface area contributed by atoms with Crippen LogP contribution in [0.1, 0.15) is 10.5 Å². The summed E-state index contributed by atoms with van der Waals surface area (Å²) in [6.07, 6.45) is 0.607. The lowest BCUT2D eigenvalue weighted by Gasteiger charge is -2.05. The van der Waals surface area contributed by atoms with Crippen LogP contribution in [0.4, 0.5) is 0 Å². The molecule has 0 fully saturated rings. The van der Waals surface area contributed by atoms with Crippen molar-refractivity contribution < 1.29 is 4.79 Å². The number of benzene rings is 1. The zero-order valence-corrected chi connectivity index (χ0v) is 10.7. The molecular formula is C12H6Cl3NO. The Balaban J connectivity index is 2.56. The maximum atomic E-state index is 10.7. The van der Waals surface area contributed by atoms with Gasteiger partial charge in [0, 0.05) is 10.6 Å². The molecule has 5 heteroatoms. The zero-order chi connectivity index (χ0) is 12.4. The zero-order valence-electron chi connectivity index (χ0n) is 8.45. The number of nitrogens with zero attached hydrogens (tertiary/aromatic N) is 1. The summed E-state index contributed by atoms with van der Waals surface area (Å²) in [5.41, 5.74) is 1.48. The second-order valence-corrected chi connectivity index (χ2v) is 4.56. The molecule has 1 heterocycles. The summed E-state index contributed by atoms with van der Waals surface area (Å²) in [5, 5.41) is 1.33. The maximum absolute atomic E-state index is 10.7. The Morgan fingerprint density at radius 3 is 2.41 bits per heavy atom. The lowest BCUT2D eigenvalue weighted by Crippen LogP contribution is -1.92. The summed E-state index contributed by atoms with van der Waals surface area (Å²) >= 11 is 17.7. The minimum absolute atomic E-state index is 0.190. The van der Waals surface area contributed by atoms with Gasteiger partial charge in [-0.05, 0) is 30.3 Å². The van der Waals surface area contributed by atoms with Crippen molar-refractivity contribution in [2.24, 2.45) is 0 Å². The molecule has 0 spiro atoms. The molecule has 2 rings (SSSR count). The van der Waals surface area contributed by atoms with Crippen molar-refractivity contribution in [3.05, 3.63) is 51.1 Å². The number of carbonyl (C=O) groups excluding carboxylic acids is 1. The largest absolute Gasteiger partial charge is 0.296 e. The first kappa shape index (κ1) is 12.4. The van der Waals surface area contributed by atoms with Gasteiger partial charge in [0.25, 0.3) is 0 Å². The van der Waals surface area contributed by atoms with E-state index in [2.05, 4.69) is 4.98 Å². The molecule has 0 radical (unpaired) electrons. The molecule has 1 aromatic heterocycles. The molecule has 0 saturated heterocycles. The summed E-state index contributed by atoms with van der Waals surface area (Å²) in [5.74, 6) is 0. The van der Waals surface area contributed by atoms with Gasteiger partial charge >= 0.3 is 0 Å². The van der Waals surface area contributed by atoms with Gasteiger partial charge in [-0.25, -0.2) is 4.98 Å². The van der Waals surface area contributed by atoms with E-state index in [9.17, 15) is 4.79 Å². The topological polar surface area (TPSA) is 30.0 Å². The normalized spacial score (nSPS) is 10.3. The first-order valence-electron chi connectivity index (χ1n) is 4.69. The molecule has 0 N–H and O–H groups in total. The van der Waals surface area contributed by atoms with Crippen LogP contribution in [-0.4, -0.2) is 11.3 Å². The van der Waals surface area contributed by atoms with Crippen molar-refractivity contribution in [1.82, 2.24) is 4.98 Å². The predicted octanol–water partition coefficient (Wildman–Crippen LogP) is 4.52. The van der Waals surface area contributed by atoms with E-state index >= 15 is 0 Å². The Bertz CT molecular complexity index is 584. The molecule has 0 aliphatic rings. The Morgan fingerprint density at radius 2 is 1.76 bits per heavy atom. The minimum atomic E-state index is 0.190. The van der Waals surface area contributed by atoms with Crippen molar-refractivity contribution in [2.45, 2.75) is 0 Å². The van der Waals surface area contributed by atoms with E-state index < -0.39 is 0 Å². The number of pyridine rings is 1. The van der Waals surface area contributed by atoms with Crippen molar-refractivity contribution in [2.75, 3.05) is 0 Å². The van der Waals surface area contributed by atoms with Crippen LogP contribution in [0.15, 0.2) is 30.3 Å².